The van der Waals surface area contributed by atoms with E-state index in [4.69, 9.17) is 4.74 Å². The second kappa shape index (κ2) is 6.84. The molecule has 0 radical (unpaired) electrons. The van der Waals surface area contributed by atoms with E-state index in [0.29, 0.717) is 16.4 Å². The van der Waals surface area contributed by atoms with E-state index in [1.165, 1.54) is 44.6 Å². The third-order valence-corrected chi connectivity index (χ3v) is 7.59. The number of nitrogens with one attached hydrogen (secondary N) is 1. The highest BCUT2D eigenvalue weighted by molar-refractivity contribution is 5.34. The Labute approximate surface area is 173 Å². The predicted octanol–water partition coefficient (Wildman–Crippen LogP) is 6.24. The zero-order valence-electron chi connectivity index (χ0n) is 17.6. The van der Waals surface area contributed by atoms with Crippen LogP contribution in [-0.4, -0.2) is 5.54 Å². The predicted molar refractivity (Wildman–Crippen MR) is 114 cm³/mol. The van der Waals surface area contributed by atoms with Crippen LogP contribution >= 0.6 is 0 Å². The average molecular weight is 394 g/mol. The highest BCUT2D eigenvalue weighted by Crippen LogP contribution is 2.66. The topological polar surface area (TPSA) is 21.3 Å². The van der Waals surface area contributed by atoms with Crippen molar-refractivity contribution in [1.82, 2.24) is 5.32 Å². The van der Waals surface area contributed by atoms with Gasteiger partial charge in [0.1, 0.15) is 18.2 Å². The Morgan fingerprint density at radius 2 is 1.55 bits per heavy atom. The van der Waals surface area contributed by atoms with Crippen LogP contribution < -0.4 is 10.1 Å². The molecule has 3 heteroatoms. The molecule has 154 valence electrons. The third-order valence-electron chi connectivity index (χ3n) is 7.59. The van der Waals surface area contributed by atoms with Crippen molar-refractivity contribution in [3.63, 3.8) is 0 Å². The third kappa shape index (κ3) is 3.70. The fourth-order valence-corrected chi connectivity index (χ4v) is 7.49. The van der Waals surface area contributed by atoms with Gasteiger partial charge in [-0.1, -0.05) is 50.2 Å². The lowest BCUT2D eigenvalue weighted by atomic mass is 9.43. The van der Waals surface area contributed by atoms with Gasteiger partial charge in [0.15, 0.2) is 0 Å². The van der Waals surface area contributed by atoms with Crippen molar-refractivity contribution in [1.29, 1.82) is 0 Å². The maximum atomic E-state index is 13.9. The first-order valence-electron chi connectivity index (χ1n) is 11.1. The number of halogens is 1. The number of hydrogen-bond acceptors (Lipinski definition) is 2. The number of benzene rings is 2. The van der Waals surface area contributed by atoms with Gasteiger partial charge in [0.2, 0.25) is 0 Å². The minimum absolute atomic E-state index is 0.210. The summed E-state index contributed by atoms with van der Waals surface area (Å²) in [5, 5.41) is 3.99. The summed E-state index contributed by atoms with van der Waals surface area (Å²) in [4.78, 5) is 0. The largest absolute Gasteiger partial charge is 0.488 e. The molecule has 4 saturated carbocycles. The van der Waals surface area contributed by atoms with E-state index in [2.05, 4.69) is 31.3 Å². The SMILES string of the molecule is CC12CC3CC(C)(C1)CC(NCc1ccccc1OCc1ccccc1F)(C3)C2. The van der Waals surface area contributed by atoms with Gasteiger partial charge in [-0.25, -0.2) is 4.39 Å². The second-order valence-corrected chi connectivity index (χ2v) is 10.8. The molecule has 29 heavy (non-hydrogen) atoms. The Morgan fingerprint density at radius 1 is 0.897 bits per heavy atom. The highest BCUT2D eigenvalue weighted by Gasteiger charge is 2.59. The van der Waals surface area contributed by atoms with Crippen molar-refractivity contribution in [3.05, 3.63) is 65.5 Å². The van der Waals surface area contributed by atoms with E-state index in [1.807, 2.05) is 18.2 Å². The van der Waals surface area contributed by atoms with Gasteiger partial charge in [0.05, 0.1) is 0 Å². The molecule has 0 aliphatic heterocycles. The van der Waals surface area contributed by atoms with Crippen molar-refractivity contribution in [3.8, 4) is 5.75 Å². The summed E-state index contributed by atoms with van der Waals surface area (Å²) < 4.78 is 20.0. The number of rotatable bonds is 6. The van der Waals surface area contributed by atoms with E-state index in [1.54, 1.807) is 12.1 Å². The van der Waals surface area contributed by atoms with Gasteiger partial charge in [0, 0.05) is 23.2 Å². The molecule has 4 fully saturated rings. The monoisotopic (exact) mass is 393 g/mol. The lowest BCUT2D eigenvalue weighted by molar-refractivity contribution is -0.118. The van der Waals surface area contributed by atoms with Crippen LogP contribution in [0.3, 0.4) is 0 Å². The van der Waals surface area contributed by atoms with Gasteiger partial charge >= 0.3 is 0 Å². The summed E-state index contributed by atoms with van der Waals surface area (Å²) in [5.41, 5.74) is 3.03. The normalized spacial score (nSPS) is 35.1. The number of ether oxygens (including phenoxy) is 1. The molecular weight excluding hydrogens is 361 g/mol. The summed E-state index contributed by atoms with van der Waals surface area (Å²) in [6.07, 6.45) is 8.12. The molecule has 2 aromatic carbocycles. The minimum atomic E-state index is -0.210. The van der Waals surface area contributed by atoms with Gasteiger partial charge < -0.3 is 10.1 Å². The van der Waals surface area contributed by atoms with Crippen LogP contribution in [0.5, 0.6) is 5.75 Å². The molecule has 1 N–H and O–H groups in total. The molecule has 2 unspecified atom stereocenters. The fourth-order valence-electron chi connectivity index (χ4n) is 7.49. The quantitative estimate of drug-likeness (QED) is 0.627. The number of hydrogen-bond donors (Lipinski definition) is 1. The Kier molecular flexibility index (Phi) is 4.51. The van der Waals surface area contributed by atoms with Gasteiger partial charge in [-0.15, -0.1) is 0 Å². The lowest BCUT2D eigenvalue weighted by Gasteiger charge is -2.65. The van der Waals surface area contributed by atoms with Crippen LogP contribution in [0.2, 0.25) is 0 Å². The maximum absolute atomic E-state index is 13.9. The minimum Gasteiger partial charge on any atom is -0.488 e. The molecule has 6 rings (SSSR count). The molecule has 4 aliphatic carbocycles. The van der Waals surface area contributed by atoms with E-state index >= 15 is 0 Å². The Bertz CT molecular complexity index is 891. The van der Waals surface area contributed by atoms with Gasteiger partial charge in [-0.05, 0) is 67.4 Å². The molecule has 0 saturated heterocycles. The van der Waals surface area contributed by atoms with Crippen LogP contribution in [0.4, 0.5) is 4.39 Å². The smallest absolute Gasteiger partial charge is 0.129 e. The maximum Gasteiger partial charge on any atom is 0.129 e. The molecule has 0 spiro atoms. The average Bonchev–Trinajstić information content (AvgIpc) is 2.63. The second-order valence-electron chi connectivity index (χ2n) is 10.8. The van der Waals surface area contributed by atoms with Crippen LogP contribution in [-0.2, 0) is 13.2 Å². The number of para-hydroxylation sites is 1. The van der Waals surface area contributed by atoms with Crippen molar-refractivity contribution >= 4 is 0 Å². The Morgan fingerprint density at radius 3 is 2.24 bits per heavy atom. The summed E-state index contributed by atoms with van der Waals surface area (Å²) in [6.45, 7) is 6.09. The molecule has 4 aliphatic rings. The van der Waals surface area contributed by atoms with Crippen molar-refractivity contribution in [2.45, 2.75) is 71.1 Å². The fraction of sp³-hybridized carbons (Fsp3) is 0.538. The Hall–Kier alpha value is -1.87. The Balaban J connectivity index is 1.30. The first kappa shape index (κ1) is 19.1. The summed E-state index contributed by atoms with van der Waals surface area (Å²) >= 11 is 0. The van der Waals surface area contributed by atoms with Crippen LogP contribution in [0.1, 0.15) is 63.5 Å². The lowest BCUT2D eigenvalue weighted by Crippen LogP contribution is -2.63. The summed E-state index contributed by atoms with van der Waals surface area (Å²) in [7, 11) is 0. The van der Waals surface area contributed by atoms with Crippen LogP contribution in [0.25, 0.3) is 0 Å². The molecule has 2 nitrogen and oxygen atoms in total. The van der Waals surface area contributed by atoms with Gasteiger partial charge in [0.25, 0.3) is 0 Å². The first-order valence-corrected chi connectivity index (χ1v) is 11.1. The zero-order chi connectivity index (χ0) is 20.1. The van der Waals surface area contributed by atoms with Crippen molar-refractivity contribution in [2.75, 3.05) is 0 Å². The van der Waals surface area contributed by atoms with Gasteiger partial charge in [-0.3, -0.25) is 0 Å². The molecule has 0 amide bonds. The summed E-state index contributed by atoms with van der Waals surface area (Å²) in [6, 6.07) is 15.0. The van der Waals surface area contributed by atoms with Crippen molar-refractivity contribution in [2.24, 2.45) is 16.7 Å². The van der Waals surface area contributed by atoms with E-state index < -0.39 is 0 Å². The standard InChI is InChI=1S/C26H32FNO/c1-24-11-19-12-25(2,16-24)18-26(13-19,17-24)28-14-20-7-4-6-10-23(20)29-15-21-8-3-5-9-22(21)27/h3-10,19,28H,11-18H2,1-2H3. The zero-order valence-corrected chi connectivity index (χ0v) is 17.6. The molecular formula is C26H32FNO. The first-order chi connectivity index (χ1) is 13.9. The van der Waals surface area contributed by atoms with E-state index in [-0.39, 0.29) is 18.0 Å². The highest BCUT2D eigenvalue weighted by atomic mass is 19.1. The molecule has 2 aromatic rings. The van der Waals surface area contributed by atoms with Crippen LogP contribution in [0, 0.1) is 22.6 Å². The molecule has 4 bridgehead atoms. The van der Waals surface area contributed by atoms with E-state index in [9.17, 15) is 4.39 Å². The van der Waals surface area contributed by atoms with E-state index in [0.717, 1.165) is 23.8 Å². The summed E-state index contributed by atoms with van der Waals surface area (Å²) in [5.74, 6) is 1.52. The molecule has 0 heterocycles. The van der Waals surface area contributed by atoms with Crippen molar-refractivity contribution < 1.29 is 9.13 Å². The van der Waals surface area contributed by atoms with Crippen LogP contribution in [0.15, 0.2) is 48.5 Å². The molecule has 0 aromatic heterocycles. The molecule has 2 atom stereocenters. The van der Waals surface area contributed by atoms with Gasteiger partial charge in [-0.2, -0.15) is 0 Å².